The van der Waals surface area contributed by atoms with Crippen LogP contribution in [0.15, 0.2) is 53.4 Å². The largest absolute Gasteiger partial charge is 0.452 e. The summed E-state index contributed by atoms with van der Waals surface area (Å²) in [6.45, 7) is 2.35. The fourth-order valence-electron chi connectivity index (χ4n) is 2.26. The molecule has 6 heteroatoms. The average molecular weight is 382 g/mol. The zero-order valence-electron chi connectivity index (χ0n) is 15.2. The minimum absolute atomic E-state index is 0.281. The van der Waals surface area contributed by atoms with Crippen LogP contribution in [-0.4, -0.2) is 25.0 Å². The molecule has 0 aliphatic rings. The molecule has 0 radical (unpaired) electrons. The van der Waals surface area contributed by atoms with Gasteiger partial charge in [0.1, 0.15) is 0 Å². The lowest BCUT2D eigenvalue weighted by Gasteiger charge is -2.10. The van der Waals surface area contributed by atoms with Gasteiger partial charge in [0.2, 0.25) is 0 Å². The van der Waals surface area contributed by atoms with Gasteiger partial charge in [-0.05, 0) is 36.2 Å². The van der Waals surface area contributed by atoms with Crippen LogP contribution in [0.25, 0.3) is 0 Å². The first-order valence-corrected chi connectivity index (χ1v) is 9.77. The molecule has 0 fully saturated rings. The van der Waals surface area contributed by atoms with Gasteiger partial charge in [-0.2, -0.15) is 5.26 Å². The molecule has 0 unspecified atom stereocenters. The lowest BCUT2D eigenvalue weighted by molar-refractivity contribution is -0.124. The van der Waals surface area contributed by atoms with Crippen molar-refractivity contribution in [2.75, 3.05) is 13.2 Å². The van der Waals surface area contributed by atoms with Gasteiger partial charge < -0.3 is 10.1 Å². The number of nitrogens with zero attached hydrogens (tertiary/aromatic N) is 1. The molecule has 0 atom stereocenters. The Morgan fingerprint density at radius 1 is 1.15 bits per heavy atom. The fraction of sp³-hybridized carbons (Fsp3) is 0.286. The summed E-state index contributed by atoms with van der Waals surface area (Å²) in [5.74, 6) is -0.142. The van der Waals surface area contributed by atoms with E-state index in [4.69, 9.17) is 10.00 Å². The van der Waals surface area contributed by atoms with Crippen molar-refractivity contribution in [1.82, 2.24) is 5.32 Å². The van der Waals surface area contributed by atoms with Crippen molar-refractivity contribution in [3.8, 4) is 6.07 Å². The maximum Gasteiger partial charge on any atom is 0.339 e. The summed E-state index contributed by atoms with van der Waals surface area (Å²) in [6, 6.07) is 16.6. The normalized spacial score (nSPS) is 10.1. The number of hydrogen-bond donors (Lipinski definition) is 1. The van der Waals surface area contributed by atoms with E-state index in [2.05, 4.69) is 11.4 Å². The highest BCUT2D eigenvalue weighted by atomic mass is 32.2. The summed E-state index contributed by atoms with van der Waals surface area (Å²) in [5.41, 5.74) is 2.11. The molecule has 27 heavy (non-hydrogen) atoms. The Balaban J connectivity index is 1.92. The maximum atomic E-state index is 12.3. The minimum Gasteiger partial charge on any atom is -0.452 e. The van der Waals surface area contributed by atoms with Gasteiger partial charge in [-0.1, -0.05) is 37.6 Å². The van der Waals surface area contributed by atoms with E-state index in [9.17, 15) is 9.59 Å². The van der Waals surface area contributed by atoms with Crippen LogP contribution in [0.5, 0.6) is 0 Å². The Bertz CT molecular complexity index is 813. The summed E-state index contributed by atoms with van der Waals surface area (Å²) in [7, 11) is 0. The monoisotopic (exact) mass is 382 g/mol. The Hall–Kier alpha value is -2.78. The van der Waals surface area contributed by atoms with E-state index in [1.807, 2.05) is 31.2 Å². The van der Waals surface area contributed by atoms with Gasteiger partial charge in [0.05, 0.1) is 17.2 Å². The summed E-state index contributed by atoms with van der Waals surface area (Å²) >= 11 is 1.51. The maximum absolute atomic E-state index is 12.3. The van der Waals surface area contributed by atoms with E-state index in [0.29, 0.717) is 23.4 Å². The van der Waals surface area contributed by atoms with E-state index in [1.54, 1.807) is 24.3 Å². The number of unbranched alkanes of at least 4 members (excludes halogenated alkanes) is 1. The van der Waals surface area contributed by atoms with E-state index in [0.717, 1.165) is 23.3 Å². The van der Waals surface area contributed by atoms with Crippen molar-refractivity contribution in [2.24, 2.45) is 0 Å². The lowest BCUT2D eigenvalue weighted by atomic mass is 10.2. The first-order valence-electron chi connectivity index (χ1n) is 8.78. The van der Waals surface area contributed by atoms with Crippen LogP contribution in [-0.2, 0) is 15.3 Å². The Labute approximate surface area is 163 Å². The van der Waals surface area contributed by atoms with Gasteiger partial charge in [0.15, 0.2) is 6.61 Å². The number of nitrogens with one attached hydrogen (secondary N) is 1. The van der Waals surface area contributed by atoms with Gasteiger partial charge >= 0.3 is 5.97 Å². The molecule has 0 spiro atoms. The number of benzene rings is 2. The molecular formula is C21H22N2O3S. The molecule has 2 rings (SSSR count). The summed E-state index contributed by atoms with van der Waals surface area (Å²) in [5, 5.41) is 11.6. The number of nitriles is 1. The Kier molecular flexibility index (Phi) is 8.40. The SMILES string of the molecule is CCCCNC(=O)COC(=O)c1ccccc1SCc1ccc(C#N)cc1. The molecular weight excluding hydrogens is 360 g/mol. The molecule has 0 saturated carbocycles. The molecule has 5 nitrogen and oxygen atoms in total. The Morgan fingerprint density at radius 3 is 2.59 bits per heavy atom. The predicted octanol–water partition coefficient (Wildman–Crippen LogP) is 3.92. The van der Waals surface area contributed by atoms with Crippen LogP contribution >= 0.6 is 11.8 Å². The average Bonchev–Trinajstić information content (AvgIpc) is 2.71. The lowest BCUT2D eigenvalue weighted by Crippen LogP contribution is -2.29. The van der Waals surface area contributed by atoms with Crippen LogP contribution in [0.3, 0.4) is 0 Å². The predicted molar refractivity (Wildman–Crippen MR) is 105 cm³/mol. The van der Waals surface area contributed by atoms with E-state index in [-0.39, 0.29) is 12.5 Å². The van der Waals surface area contributed by atoms with Crippen molar-refractivity contribution in [2.45, 2.75) is 30.4 Å². The third-order valence-corrected chi connectivity index (χ3v) is 4.92. The van der Waals surface area contributed by atoms with Crippen LogP contribution in [0, 0.1) is 11.3 Å². The highest BCUT2D eigenvalue weighted by Crippen LogP contribution is 2.27. The molecule has 2 aromatic carbocycles. The molecule has 1 amide bonds. The molecule has 0 saturated heterocycles. The number of carbonyl (C=O) groups is 2. The number of carbonyl (C=O) groups excluding carboxylic acids is 2. The summed E-state index contributed by atoms with van der Waals surface area (Å²) < 4.78 is 5.14. The molecule has 0 bridgehead atoms. The number of amides is 1. The first-order chi connectivity index (χ1) is 13.1. The van der Waals surface area contributed by atoms with Crippen molar-refractivity contribution < 1.29 is 14.3 Å². The van der Waals surface area contributed by atoms with Gasteiger partial charge in [-0.15, -0.1) is 11.8 Å². The second kappa shape index (κ2) is 11.0. The van der Waals surface area contributed by atoms with Crippen molar-refractivity contribution in [1.29, 1.82) is 5.26 Å². The van der Waals surface area contributed by atoms with Crippen molar-refractivity contribution >= 4 is 23.6 Å². The zero-order valence-corrected chi connectivity index (χ0v) is 16.1. The summed E-state index contributed by atoms with van der Waals surface area (Å²) in [4.78, 5) is 24.8. The van der Waals surface area contributed by atoms with Crippen LogP contribution in [0.4, 0.5) is 0 Å². The second-order valence-corrected chi connectivity index (χ2v) is 6.89. The molecule has 0 aliphatic heterocycles. The zero-order chi connectivity index (χ0) is 19.5. The summed E-state index contributed by atoms with van der Waals surface area (Å²) in [6.07, 6.45) is 1.89. The van der Waals surface area contributed by atoms with Gasteiger partial charge in [-0.25, -0.2) is 4.79 Å². The van der Waals surface area contributed by atoms with E-state index >= 15 is 0 Å². The number of hydrogen-bond acceptors (Lipinski definition) is 5. The second-order valence-electron chi connectivity index (χ2n) is 5.87. The topological polar surface area (TPSA) is 79.2 Å². The molecule has 2 aromatic rings. The standard InChI is InChI=1S/C21H22N2O3S/c1-2-3-12-23-20(24)14-26-21(25)18-6-4-5-7-19(18)27-15-17-10-8-16(13-22)9-11-17/h4-11H,2-3,12,14-15H2,1H3,(H,23,24). The third-order valence-electron chi connectivity index (χ3n) is 3.77. The number of rotatable bonds is 9. The smallest absolute Gasteiger partial charge is 0.339 e. The molecule has 0 aromatic heterocycles. The third kappa shape index (κ3) is 6.80. The molecule has 1 N–H and O–H groups in total. The van der Waals surface area contributed by atoms with Gasteiger partial charge in [0.25, 0.3) is 5.91 Å². The molecule has 0 heterocycles. The minimum atomic E-state index is -0.511. The van der Waals surface area contributed by atoms with Gasteiger partial charge in [-0.3, -0.25) is 4.79 Å². The van der Waals surface area contributed by atoms with Crippen molar-refractivity contribution in [3.63, 3.8) is 0 Å². The Morgan fingerprint density at radius 2 is 1.89 bits per heavy atom. The van der Waals surface area contributed by atoms with Crippen LogP contribution in [0.2, 0.25) is 0 Å². The van der Waals surface area contributed by atoms with Crippen LogP contribution in [0.1, 0.15) is 41.3 Å². The van der Waals surface area contributed by atoms with Crippen molar-refractivity contribution in [3.05, 3.63) is 65.2 Å². The first kappa shape index (κ1) is 20.5. The van der Waals surface area contributed by atoms with E-state index < -0.39 is 5.97 Å². The van der Waals surface area contributed by atoms with Gasteiger partial charge in [0, 0.05) is 17.2 Å². The highest BCUT2D eigenvalue weighted by Gasteiger charge is 2.14. The highest BCUT2D eigenvalue weighted by molar-refractivity contribution is 7.98. The quantitative estimate of drug-likeness (QED) is 0.404. The number of esters is 1. The number of thioether (sulfide) groups is 1. The molecule has 0 aliphatic carbocycles. The number of ether oxygens (including phenoxy) is 1. The van der Waals surface area contributed by atoms with E-state index in [1.165, 1.54) is 11.8 Å². The molecule has 140 valence electrons. The van der Waals surface area contributed by atoms with Crippen LogP contribution < -0.4 is 5.32 Å². The fourth-order valence-corrected chi connectivity index (χ4v) is 3.26.